The van der Waals surface area contributed by atoms with Gasteiger partial charge in [-0.05, 0) is 32.9 Å². The van der Waals surface area contributed by atoms with Gasteiger partial charge in [-0.2, -0.15) is 0 Å². The van der Waals surface area contributed by atoms with E-state index in [9.17, 15) is 5.11 Å². The summed E-state index contributed by atoms with van der Waals surface area (Å²) in [6.45, 7) is 9.70. The molecule has 0 bridgehead atoms. The van der Waals surface area contributed by atoms with Crippen molar-refractivity contribution in [2.45, 2.75) is 136 Å². The summed E-state index contributed by atoms with van der Waals surface area (Å²) in [6, 6.07) is 0. The van der Waals surface area contributed by atoms with Crippen LogP contribution in [0.5, 0.6) is 0 Å². The van der Waals surface area contributed by atoms with E-state index in [1.165, 1.54) is 122 Å². The molecule has 0 aromatic carbocycles. The van der Waals surface area contributed by atoms with E-state index in [-0.39, 0.29) is 6.10 Å². The van der Waals surface area contributed by atoms with Crippen LogP contribution in [0.15, 0.2) is 0 Å². The molecule has 0 radical (unpaired) electrons. The quantitative estimate of drug-likeness (QED) is 0.214. The Morgan fingerprint density at radius 1 is 0.538 bits per heavy atom. The van der Waals surface area contributed by atoms with Crippen LogP contribution < -0.4 is 0 Å². The minimum Gasteiger partial charge on any atom is -0.392 e. The van der Waals surface area contributed by atoms with Crippen molar-refractivity contribution >= 4 is 0 Å². The first-order chi connectivity index (χ1) is 12.7. The summed E-state index contributed by atoms with van der Waals surface area (Å²) < 4.78 is 0. The van der Waals surface area contributed by atoms with Gasteiger partial charge in [0.15, 0.2) is 0 Å². The molecule has 2 nitrogen and oxygen atoms in total. The standard InChI is InChI=1S/C24H51NO/c1-4-6-8-10-12-13-14-16-18-20-22-25(23-24(3)26)21-19-17-15-11-9-7-5-2/h24,26H,4-23H2,1-3H3. The summed E-state index contributed by atoms with van der Waals surface area (Å²) in [4.78, 5) is 2.50. The van der Waals surface area contributed by atoms with Gasteiger partial charge in [-0.25, -0.2) is 0 Å². The molecule has 2 heteroatoms. The van der Waals surface area contributed by atoms with Crippen LogP contribution in [0.3, 0.4) is 0 Å². The van der Waals surface area contributed by atoms with Crippen LogP contribution in [0, 0.1) is 0 Å². The van der Waals surface area contributed by atoms with E-state index in [4.69, 9.17) is 0 Å². The Balaban J connectivity index is 3.55. The normalized spacial score (nSPS) is 12.8. The molecule has 26 heavy (non-hydrogen) atoms. The van der Waals surface area contributed by atoms with E-state index in [1.54, 1.807) is 0 Å². The van der Waals surface area contributed by atoms with E-state index >= 15 is 0 Å². The molecule has 0 spiro atoms. The van der Waals surface area contributed by atoms with Crippen LogP contribution in [0.2, 0.25) is 0 Å². The lowest BCUT2D eigenvalue weighted by atomic mass is 10.1. The van der Waals surface area contributed by atoms with Gasteiger partial charge in [0.2, 0.25) is 0 Å². The average Bonchev–Trinajstić information content (AvgIpc) is 2.61. The third-order valence-electron chi connectivity index (χ3n) is 5.43. The fourth-order valence-corrected chi connectivity index (χ4v) is 3.78. The maximum atomic E-state index is 9.74. The predicted octanol–water partition coefficient (Wildman–Crippen LogP) is 7.34. The Kier molecular flexibility index (Phi) is 21.2. The zero-order chi connectivity index (χ0) is 19.3. The summed E-state index contributed by atoms with van der Waals surface area (Å²) in [5, 5.41) is 9.74. The van der Waals surface area contributed by atoms with Crippen LogP contribution in [0.25, 0.3) is 0 Å². The number of hydrogen-bond donors (Lipinski definition) is 1. The fraction of sp³-hybridized carbons (Fsp3) is 1.00. The molecule has 1 N–H and O–H groups in total. The molecule has 1 unspecified atom stereocenters. The lowest BCUT2D eigenvalue weighted by molar-refractivity contribution is 0.123. The molecule has 158 valence electrons. The smallest absolute Gasteiger partial charge is 0.0639 e. The third kappa shape index (κ3) is 20.2. The topological polar surface area (TPSA) is 23.5 Å². The SMILES string of the molecule is CCCCCCCCCCCCN(CCCCCCCCC)CC(C)O. The second-order valence-corrected chi connectivity index (χ2v) is 8.45. The van der Waals surface area contributed by atoms with Gasteiger partial charge in [-0.1, -0.05) is 110 Å². The van der Waals surface area contributed by atoms with Crippen LogP contribution in [0.1, 0.15) is 130 Å². The van der Waals surface area contributed by atoms with Crippen molar-refractivity contribution in [3.05, 3.63) is 0 Å². The Labute approximate surface area is 166 Å². The zero-order valence-electron chi connectivity index (χ0n) is 18.6. The highest BCUT2D eigenvalue weighted by atomic mass is 16.3. The maximum absolute atomic E-state index is 9.74. The molecule has 0 fully saturated rings. The van der Waals surface area contributed by atoms with Crippen molar-refractivity contribution in [2.75, 3.05) is 19.6 Å². The van der Waals surface area contributed by atoms with Gasteiger partial charge in [0, 0.05) is 6.54 Å². The van der Waals surface area contributed by atoms with Gasteiger partial charge in [-0.3, -0.25) is 0 Å². The first-order valence-electron chi connectivity index (χ1n) is 12.1. The Bertz CT molecular complexity index is 255. The monoisotopic (exact) mass is 369 g/mol. The molecule has 0 amide bonds. The minimum absolute atomic E-state index is 0.192. The van der Waals surface area contributed by atoms with Crippen LogP contribution in [0.4, 0.5) is 0 Å². The Hall–Kier alpha value is -0.0800. The summed E-state index contributed by atoms with van der Waals surface area (Å²) in [7, 11) is 0. The van der Waals surface area contributed by atoms with Crippen molar-refractivity contribution in [1.29, 1.82) is 0 Å². The molecule has 0 rings (SSSR count). The maximum Gasteiger partial charge on any atom is 0.0639 e. The van der Waals surface area contributed by atoms with Gasteiger partial charge in [0.1, 0.15) is 0 Å². The highest BCUT2D eigenvalue weighted by Crippen LogP contribution is 2.12. The van der Waals surface area contributed by atoms with Gasteiger partial charge >= 0.3 is 0 Å². The van der Waals surface area contributed by atoms with Gasteiger partial charge in [0.05, 0.1) is 6.10 Å². The van der Waals surface area contributed by atoms with E-state index < -0.39 is 0 Å². The second kappa shape index (κ2) is 21.2. The molecule has 0 heterocycles. The molecule has 0 saturated heterocycles. The highest BCUT2D eigenvalue weighted by Gasteiger charge is 2.07. The van der Waals surface area contributed by atoms with Crippen LogP contribution >= 0.6 is 0 Å². The van der Waals surface area contributed by atoms with Gasteiger partial charge in [-0.15, -0.1) is 0 Å². The average molecular weight is 370 g/mol. The molecule has 0 aromatic heterocycles. The van der Waals surface area contributed by atoms with Crippen molar-refractivity contribution in [3.63, 3.8) is 0 Å². The Morgan fingerprint density at radius 2 is 0.846 bits per heavy atom. The molecule has 0 aliphatic heterocycles. The number of unbranched alkanes of at least 4 members (excludes halogenated alkanes) is 15. The molecule has 0 aromatic rings. The molecule has 0 aliphatic rings. The highest BCUT2D eigenvalue weighted by molar-refractivity contribution is 4.62. The molecule has 1 atom stereocenters. The van der Waals surface area contributed by atoms with E-state index in [0.717, 1.165) is 6.54 Å². The second-order valence-electron chi connectivity index (χ2n) is 8.45. The first-order valence-corrected chi connectivity index (χ1v) is 12.1. The van der Waals surface area contributed by atoms with Crippen molar-refractivity contribution in [2.24, 2.45) is 0 Å². The van der Waals surface area contributed by atoms with Gasteiger partial charge in [0.25, 0.3) is 0 Å². The molecule has 0 saturated carbocycles. The van der Waals surface area contributed by atoms with Crippen molar-refractivity contribution in [3.8, 4) is 0 Å². The predicted molar refractivity (Wildman–Crippen MR) is 118 cm³/mol. The van der Waals surface area contributed by atoms with Gasteiger partial charge < -0.3 is 10.0 Å². The lowest BCUT2D eigenvalue weighted by Gasteiger charge is -2.23. The fourth-order valence-electron chi connectivity index (χ4n) is 3.78. The van der Waals surface area contributed by atoms with E-state index in [0.29, 0.717) is 0 Å². The first kappa shape index (κ1) is 25.9. The number of hydrogen-bond acceptors (Lipinski definition) is 2. The number of nitrogens with zero attached hydrogens (tertiary/aromatic N) is 1. The molecular weight excluding hydrogens is 318 g/mol. The number of aliphatic hydroxyl groups excluding tert-OH is 1. The molecular formula is C24H51NO. The van der Waals surface area contributed by atoms with Crippen LogP contribution in [-0.4, -0.2) is 35.7 Å². The summed E-state index contributed by atoms with van der Waals surface area (Å²) in [5.41, 5.74) is 0. The summed E-state index contributed by atoms with van der Waals surface area (Å²) in [6.07, 6.45) is 23.4. The number of aliphatic hydroxyl groups is 1. The summed E-state index contributed by atoms with van der Waals surface area (Å²) >= 11 is 0. The lowest BCUT2D eigenvalue weighted by Crippen LogP contribution is -2.32. The third-order valence-corrected chi connectivity index (χ3v) is 5.43. The largest absolute Gasteiger partial charge is 0.392 e. The van der Waals surface area contributed by atoms with Crippen molar-refractivity contribution in [1.82, 2.24) is 4.90 Å². The summed E-state index contributed by atoms with van der Waals surface area (Å²) in [5.74, 6) is 0. The minimum atomic E-state index is -0.192. The van der Waals surface area contributed by atoms with Crippen molar-refractivity contribution < 1.29 is 5.11 Å². The Morgan fingerprint density at radius 3 is 1.15 bits per heavy atom. The van der Waals surface area contributed by atoms with Crippen LogP contribution in [-0.2, 0) is 0 Å². The molecule has 0 aliphatic carbocycles. The van der Waals surface area contributed by atoms with E-state index in [1.807, 2.05) is 6.92 Å². The number of rotatable bonds is 21. The van der Waals surface area contributed by atoms with E-state index in [2.05, 4.69) is 18.7 Å². The zero-order valence-corrected chi connectivity index (χ0v) is 18.6.